The highest BCUT2D eigenvalue weighted by Crippen LogP contribution is 2.53. The predicted octanol–water partition coefficient (Wildman–Crippen LogP) is 2.31. The fourth-order valence-corrected chi connectivity index (χ4v) is 9.33. The quantitative estimate of drug-likeness (QED) is 0.234. The van der Waals surface area contributed by atoms with Gasteiger partial charge in [0.05, 0.1) is 33.0 Å². The summed E-state index contributed by atoms with van der Waals surface area (Å²) in [6.45, 7) is -0.298. The van der Waals surface area contributed by atoms with Crippen LogP contribution in [0.4, 0.5) is 18.9 Å². The number of aliphatic hydroxyl groups is 4. The highest BCUT2D eigenvalue weighted by Gasteiger charge is 2.59. The van der Waals surface area contributed by atoms with Crippen LogP contribution in [0.15, 0.2) is 35.2 Å². The molecule has 3 aliphatic rings. The van der Waals surface area contributed by atoms with Gasteiger partial charge in [0.1, 0.15) is 6.10 Å². The third-order valence-corrected chi connectivity index (χ3v) is 12.0. The summed E-state index contributed by atoms with van der Waals surface area (Å²) in [5, 5.41) is 45.6. The number of carbonyl (C=O) groups is 2. The number of carbonyl (C=O) groups excluding carboxylic acids is 2. The molecule has 2 aromatic carbocycles. The number of anilines is 1. The summed E-state index contributed by atoms with van der Waals surface area (Å²) in [5.41, 5.74) is -2.25. The number of hydrogen-bond acceptors (Lipinski definition) is 8. The van der Waals surface area contributed by atoms with E-state index in [1.165, 1.54) is 12.1 Å². The summed E-state index contributed by atoms with van der Waals surface area (Å²) in [6, 6.07) is 4.59. The first kappa shape index (κ1) is 32.6. The maximum absolute atomic E-state index is 13.8. The second-order valence-corrected chi connectivity index (χ2v) is 14.5. The Bertz CT molecular complexity index is 1530. The molecule has 2 amide bonds. The summed E-state index contributed by atoms with van der Waals surface area (Å²) in [5.74, 6) is -8.04. The number of amides is 2. The second kappa shape index (κ2) is 12.2. The number of hydrogen-bond donors (Lipinski definition) is 6. The van der Waals surface area contributed by atoms with Crippen LogP contribution in [0, 0.1) is 35.2 Å². The number of halogens is 4. The molecule has 10 nitrogen and oxygen atoms in total. The van der Waals surface area contributed by atoms with Gasteiger partial charge in [-0.15, -0.1) is 0 Å². The Morgan fingerprint density at radius 2 is 1.55 bits per heavy atom. The summed E-state index contributed by atoms with van der Waals surface area (Å²) in [7, 11) is -4.18. The van der Waals surface area contributed by atoms with Crippen molar-refractivity contribution in [1.29, 1.82) is 0 Å². The largest absolute Gasteiger partial charge is 0.390 e. The van der Waals surface area contributed by atoms with E-state index in [1.54, 1.807) is 0 Å². The summed E-state index contributed by atoms with van der Waals surface area (Å²) in [6.07, 6.45) is -2.47. The Hall–Kier alpha value is -2.75. The van der Waals surface area contributed by atoms with Gasteiger partial charge in [0, 0.05) is 35.8 Å². The van der Waals surface area contributed by atoms with Gasteiger partial charge in [-0.25, -0.2) is 21.6 Å². The highest BCUT2D eigenvalue weighted by atomic mass is 35.5. The van der Waals surface area contributed by atoms with Gasteiger partial charge in [0.25, 0.3) is 5.91 Å². The minimum Gasteiger partial charge on any atom is -0.390 e. The van der Waals surface area contributed by atoms with Gasteiger partial charge >= 0.3 is 0 Å². The van der Waals surface area contributed by atoms with Gasteiger partial charge in [-0.1, -0.05) is 11.6 Å². The monoisotopic (exact) mass is 660 g/mol. The third-order valence-electron chi connectivity index (χ3n) is 9.32. The Morgan fingerprint density at radius 3 is 2.11 bits per heavy atom. The molecule has 15 heteroatoms. The molecule has 2 bridgehead atoms. The zero-order valence-corrected chi connectivity index (χ0v) is 24.8. The SMILES string of the molecule is O=C(Nc1cc(F)c(F)c(F)c1)c1ccc(Cl)c(S(=O)(=O)C2CC3CC[C@@H](C2)C3(O)C(O)CNC(=O)C2CC(O)C(O)C2)c1. The summed E-state index contributed by atoms with van der Waals surface area (Å²) < 4.78 is 68.0. The Balaban J connectivity index is 1.28. The van der Waals surface area contributed by atoms with E-state index >= 15 is 0 Å². The lowest BCUT2D eigenvalue weighted by Crippen LogP contribution is -2.58. The molecular weight excluding hydrogens is 629 g/mol. The predicted molar refractivity (Wildman–Crippen MR) is 151 cm³/mol. The number of rotatable bonds is 8. The van der Waals surface area contributed by atoms with Crippen molar-refractivity contribution in [2.24, 2.45) is 17.8 Å². The Morgan fingerprint density at radius 1 is 0.977 bits per heavy atom. The van der Waals surface area contributed by atoms with Crippen LogP contribution in [-0.4, -0.2) is 76.4 Å². The van der Waals surface area contributed by atoms with Gasteiger partial charge in [0.15, 0.2) is 27.3 Å². The van der Waals surface area contributed by atoms with Crippen LogP contribution in [0.2, 0.25) is 5.02 Å². The molecule has 0 aliphatic heterocycles. The molecule has 240 valence electrons. The molecule has 44 heavy (non-hydrogen) atoms. The molecule has 0 spiro atoms. The lowest BCUT2D eigenvalue weighted by Gasteiger charge is -2.45. The molecule has 6 N–H and O–H groups in total. The van der Waals surface area contributed by atoms with Crippen LogP contribution in [-0.2, 0) is 14.6 Å². The minimum absolute atomic E-state index is 0.0256. The van der Waals surface area contributed by atoms with Crippen LogP contribution in [0.1, 0.15) is 48.9 Å². The first-order chi connectivity index (χ1) is 20.6. The van der Waals surface area contributed by atoms with Crippen LogP contribution in [0.3, 0.4) is 0 Å². The van der Waals surface area contributed by atoms with Crippen LogP contribution < -0.4 is 10.6 Å². The van der Waals surface area contributed by atoms with Crippen molar-refractivity contribution in [1.82, 2.24) is 5.32 Å². The number of fused-ring (bicyclic) bond motifs is 2. The molecule has 6 unspecified atom stereocenters. The van der Waals surface area contributed by atoms with Crippen LogP contribution in [0.25, 0.3) is 0 Å². The minimum atomic E-state index is -4.18. The average Bonchev–Trinajstić information content (AvgIpc) is 3.36. The van der Waals surface area contributed by atoms with Gasteiger partial charge < -0.3 is 31.1 Å². The maximum atomic E-state index is 13.8. The van der Waals surface area contributed by atoms with Crippen LogP contribution in [0.5, 0.6) is 0 Å². The summed E-state index contributed by atoms with van der Waals surface area (Å²) >= 11 is 6.25. The molecule has 3 fully saturated rings. The normalized spacial score (nSPS) is 30.6. The standard InChI is InChI=1S/C29H32ClF3N2O8S/c30-19-4-1-13(28(40)35-17-10-20(31)26(33)21(32)11-17)7-24(19)44(42,43)18-8-15-2-3-16(9-18)29(15,41)25(38)12-34-27(39)14-5-22(36)23(37)6-14/h1,4,7,10-11,14-16,18,22-23,25,36-38,41H,2-3,5-6,8-9,12H2,(H,34,39)(H,35,40)/t14?,15-,16?,18?,22?,23?,25?,29?/m0/s1. The molecule has 0 saturated heterocycles. The lowest BCUT2D eigenvalue weighted by molar-refractivity contribution is -0.144. The van der Waals surface area contributed by atoms with Gasteiger partial charge in [-0.2, -0.15) is 0 Å². The second-order valence-electron chi connectivity index (χ2n) is 11.9. The number of nitrogens with one attached hydrogen (secondary N) is 2. The van der Waals surface area contributed by atoms with E-state index in [9.17, 15) is 51.6 Å². The first-order valence-electron chi connectivity index (χ1n) is 14.2. The van der Waals surface area contributed by atoms with E-state index in [1.807, 2.05) is 0 Å². The molecule has 5 rings (SSSR count). The Kier molecular flexibility index (Phi) is 9.06. The molecule has 0 aromatic heterocycles. The summed E-state index contributed by atoms with van der Waals surface area (Å²) in [4.78, 5) is 24.9. The highest BCUT2D eigenvalue weighted by molar-refractivity contribution is 7.92. The van der Waals surface area contributed by atoms with Crippen molar-refractivity contribution in [3.05, 3.63) is 58.4 Å². The topological polar surface area (TPSA) is 173 Å². The molecule has 2 aromatic rings. The van der Waals surface area contributed by atoms with E-state index in [0.717, 1.165) is 6.07 Å². The molecule has 0 heterocycles. The zero-order chi connectivity index (χ0) is 32.1. The Labute approximate surface area is 256 Å². The fourth-order valence-electron chi connectivity index (χ4n) is 6.93. The van der Waals surface area contributed by atoms with Crippen molar-refractivity contribution in [3.8, 4) is 0 Å². The van der Waals surface area contributed by atoms with Gasteiger partial charge in [0.2, 0.25) is 5.91 Å². The lowest BCUT2D eigenvalue weighted by atomic mass is 9.71. The maximum Gasteiger partial charge on any atom is 0.255 e. The van der Waals surface area contributed by atoms with Crippen molar-refractivity contribution in [2.45, 2.75) is 72.6 Å². The van der Waals surface area contributed by atoms with E-state index in [2.05, 4.69) is 10.6 Å². The molecular formula is C29H32ClF3N2O8S. The average molecular weight is 661 g/mol. The molecule has 0 radical (unpaired) electrons. The molecule has 3 aliphatic carbocycles. The fraction of sp³-hybridized carbons (Fsp3) is 0.517. The molecule has 3 saturated carbocycles. The van der Waals surface area contributed by atoms with E-state index in [0.29, 0.717) is 25.0 Å². The first-order valence-corrected chi connectivity index (χ1v) is 16.1. The number of sulfone groups is 1. The van der Waals surface area contributed by atoms with Gasteiger partial charge in [-0.3, -0.25) is 9.59 Å². The van der Waals surface area contributed by atoms with Crippen molar-refractivity contribution < 1.29 is 51.6 Å². The molecule has 7 atom stereocenters. The zero-order valence-electron chi connectivity index (χ0n) is 23.2. The van der Waals surface area contributed by atoms with E-state index < -0.39 is 86.0 Å². The number of benzene rings is 2. The van der Waals surface area contributed by atoms with Crippen molar-refractivity contribution >= 4 is 38.9 Å². The number of aliphatic hydroxyl groups excluding tert-OH is 3. The van der Waals surface area contributed by atoms with E-state index in [-0.39, 0.29) is 53.4 Å². The van der Waals surface area contributed by atoms with E-state index in [4.69, 9.17) is 11.6 Å². The van der Waals surface area contributed by atoms with Crippen molar-refractivity contribution in [3.63, 3.8) is 0 Å². The third kappa shape index (κ3) is 5.95. The van der Waals surface area contributed by atoms with Gasteiger partial charge in [-0.05, 0) is 68.6 Å². The van der Waals surface area contributed by atoms with Crippen molar-refractivity contribution in [2.75, 3.05) is 11.9 Å². The van der Waals surface area contributed by atoms with Crippen LogP contribution >= 0.6 is 11.6 Å². The smallest absolute Gasteiger partial charge is 0.255 e.